The maximum atomic E-state index is 6.73. The van der Waals surface area contributed by atoms with Gasteiger partial charge in [0.2, 0.25) is 0 Å². The molecule has 0 aliphatic rings. The summed E-state index contributed by atoms with van der Waals surface area (Å²) in [7, 11) is 0. The molecule has 0 spiro atoms. The second-order valence-electron chi connectivity index (χ2n) is 17.4. The number of aromatic nitrogens is 2. The number of nitrogens with zero attached hydrogens (tertiary/aromatic N) is 2. The molecule has 2 heterocycles. The van der Waals surface area contributed by atoms with Crippen molar-refractivity contribution in [3.63, 3.8) is 0 Å². The Morgan fingerprint density at radius 1 is 0.358 bits per heavy atom. The summed E-state index contributed by atoms with van der Waals surface area (Å²) in [4.78, 5) is 5.46. The second-order valence-corrected chi connectivity index (χ2v) is 28.0. The van der Waals surface area contributed by atoms with Crippen LogP contribution in [-0.4, -0.2) is 24.5 Å². The minimum Gasteiger partial charge on any atom is -0.0452 e. The summed E-state index contributed by atoms with van der Waals surface area (Å²) in [5.74, 6) is 0. The van der Waals surface area contributed by atoms with Crippen molar-refractivity contribution in [3.05, 3.63) is 243 Å². The SMILES string of the molecule is S=P(c1ccccc1)(c1ccccc1)c1ccc2c(ccc3cc(-c4ccc5c6c7ccccc7ccc6c6nc7ccc(P(=[Se])(c8ccccc8)c8ccccc8)cc7n6c5c4)ccc32)c1. The quantitative estimate of drug-likeness (QED) is 0.0899. The molecule has 0 aliphatic carbocycles. The summed E-state index contributed by atoms with van der Waals surface area (Å²) in [6.45, 7) is 0. The molecule has 0 atom stereocenters. The van der Waals surface area contributed by atoms with Crippen molar-refractivity contribution >= 4 is 141 Å². The summed E-state index contributed by atoms with van der Waals surface area (Å²) in [6, 6.07) is 86.6. The van der Waals surface area contributed by atoms with Crippen LogP contribution in [0.25, 0.3) is 81.8 Å². The van der Waals surface area contributed by atoms with Gasteiger partial charge in [-0.1, -0.05) is 90.7 Å². The van der Waals surface area contributed by atoms with Crippen LogP contribution >= 0.6 is 11.5 Å². The van der Waals surface area contributed by atoms with E-state index in [0.717, 1.165) is 33.1 Å². The molecule has 13 aromatic rings. The van der Waals surface area contributed by atoms with E-state index in [-0.39, 0.29) is 0 Å². The van der Waals surface area contributed by atoms with Gasteiger partial charge in [-0.15, -0.1) is 0 Å². The molecule has 316 valence electrons. The Kier molecular flexibility index (Phi) is 9.66. The number of fused-ring (bicyclic) bond motifs is 13. The summed E-state index contributed by atoms with van der Waals surface area (Å²) >= 11 is 10.5. The van der Waals surface area contributed by atoms with Crippen LogP contribution in [0.15, 0.2) is 243 Å². The number of imidazole rings is 1. The second kappa shape index (κ2) is 16.0. The topological polar surface area (TPSA) is 17.3 Å². The minimum atomic E-state index is -2.28. The normalized spacial score (nSPS) is 12.3. The van der Waals surface area contributed by atoms with Crippen molar-refractivity contribution in [1.29, 1.82) is 0 Å². The van der Waals surface area contributed by atoms with Crippen LogP contribution in [0.4, 0.5) is 0 Å². The molecule has 0 radical (unpaired) electrons. The molecule has 67 heavy (non-hydrogen) atoms. The van der Waals surface area contributed by atoms with Gasteiger partial charge in [-0.05, 0) is 32.8 Å². The van der Waals surface area contributed by atoms with Gasteiger partial charge >= 0.3 is 275 Å². The van der Waals surface area contributed by atoms with E-state index in [4.69, 9.17) is 16.8 Å². The summed E-state index contributed by atoms with van der Waals surface area (Å²) in [5, 5.41) is 18.4. The van der Waals surface area contributed by atoms with Crippen LogP contribution < -0.4 is 31.8 Å². The third-order valence-electron chi connectivity index (χ3n) is 13.7. The van der Waals surface area contributed by atoms with Crippen LogP contribution in [0.1, 0.15) is 0 Å². The molecule has 0 fully saturated rings. The average Bonchev–Trinajstić information content (AvgIpc) is 3.80. The Labute approximate surface area is 401 Å². The Bertz CT molecular complexity index is 4130. The smallest absolute Gasteiger partial charge is 0.0452 e. The molecule has 0 saturated carbocycles. The van der Waals surface area contributed by atoms with Crippen molar-refractivity contribution in [2.24, 2.45) is 0 Å². The molecule has 0 aliphatic heterocycles. The first-order valence-corrected chi connectivity index (χ1v) is 29.4. The molecule has 0 saturated heterocycles. The van der Waals surface area contributed by atoms with E-state index in [1.54, 1.807) is 0 Å². The van der Waals surface area contributed by atoms with Crippen LogP contribution in [0, 0.1) is 0 Å². The third-order valence-corrected chi connectivity index (χ3v) is 25.7. The first kappa shape index (κ1) is 40.5. The average molecular weight is 974 g/mol. The fourth-order valence-corrected chi connectivity index (χ4v) is 19.1. The van der Waals surface area contributed by atoms with Crippen molar-refractivity contribution in [1.82, 2.24) is 9.38 Å². The van der Waals surface area contributed by atoms with Gasteiger partial charge in [0.25, 0.3) is 0 Å². The molecule has 0 unspecified atom stereocenters. The first-order valence-electron chi connectivity index (χ1n) is 22.6. The number of rotatable bonds is 7. The summed E-state index contributed by atoms with van der Waals surface area (Å²) in [6.07, 6.45) is 0. The zero-order chi connectivity index (χ0) is 44.7. The van der Waals surface area contributed by atoms with Crippen molar-refractivity contribution in [2.75, 3.05) is 0 Å². The van der Waals surface area contributed by atoms with E-state index in [2.05, 4.69) is 262 Å². The van der Waals surface area contributed by atoms with Gasteiger partial charge in [0, 0.05) is 6.04 Å². The van der Waals surface area contributed by atoms with Gasteiger partial charge in [-0.25, -0.2) is 0 Å². The number of hydrogen-bond donors (Lipinski definition) is 0. The summed E-state index contributed by atoms with van der Waals surface area (Å²) in [5.41, 5.74) is 4.39. The van der Waals surface area contributed by atoms with Gasteiger partial charge in [-0.3, -0.25) is 0 Å². The molecule has 0 N–H and O–H groups in total. The van der Waals surface area contributed by atoms with Crippen LogP contribution in [0.3, 0.4) is 0 Å². The molecule has 2 nitrogen and oxygen atoms in total. The number of hydrogen-bond acceptors (Lipinski definition) is 2. The number of pyridine rings is 1. The van der Waals surface area contributed by atoms with E-state index in [9.17, 15) is 0 Å². The fourth-order valence-electron chi connectivity index (χ4n) is 10.4. The van der Waals surface area contributed by atoms with Gasteiger partial charge in [0.05, 0.1) is 0 Å². The Morgan fingerprint density at radius 2 is 0.866 bits per heavy atom. The molecule has 6 heteroatoms. The predicted octanol–water partition coefficient (Wildman–Crippen LogP) is 13.1. The first-order chi connectivity index (χ1) is 33.0. The van der Waals surface area contributed by atoms with Crippen LogP contribution in [0.2, 0.25) is 0 Å². The Balaban J connectivity index is 1.00. The Hall–Kier alpha value is -6.73. The summed E-state index contributed by atoms with van der Waals surface area (Å²) < 4.78 is 2.42. The van der Waals surface area contributed by atoms with E-state index < -0.39 is 11.5 Å². The van der Waals surface area contributed by atoms with Gasteiger partial charge in [-0.2, -0.15) is 0 Å². The number of benzene rings is 11. The van der Waals surface area contributed by atoms with E-state index in [1.165, 1.54) is 80.5 Å². The van der Waals surface area contributed by atoms with Gasteiger partial charge in [0.1, 0.15) is 0 Å². The zero-order valence-corrected chi connectivity index (χ0v) is 40.5. The standard InChI is InChI=1S/C61H40N2P2SSe/c66-64(46-16-5-1-6-17-46,47-18-7-2-8-19-47)50-30-35-53-45(38-50)26-25-44-37-42(28-32-52(44)53)43-29-33-55-58(39-43)63-59-40-51(65(67,48-20-9-3-10-21-48)49-22-11-4-12-23-49)31-36-57(59)62-61(63)56-34-27-41-15-13-14-24-54(41)60(55)56/h1-40H. The molecule has 13 rings (SSSR count). The maximum absolute atomic E-state index is 6.73. The molecule has 2 aromatic heterocycles. The third kappa shape index (κ3) is 6.40. The van der Waals surface area contributed by atoms with Crippen LogP contribution in [0.5, 0.6) is 0 Å². The minimum absolute atomic E-state index is 0.968. The predicted molar refractivity (Wildman–Crippen MR) is 296 cm³/mol. The molecule has 0 amide bonds. The van der Waals surface area contributed by atoms with Gasteiger partial charge in [0.15, 0.2) is 0 Å². The fraction of sp³-hybridized carbons (Fsp3) is 0. The molecule has 0 bridgehead atoms. The molecule has 11 aromatic carbocycles. The van der Waals surface area contributed by atoms with E-state index >= 15 is 0 Å². The van der Waals surface area contributed by atoms with E-state index in [0.29, 0.717) is 0 Å². The zero-order valence-electron chi connectivity index (χ0n) is 36.2. The van der Waals surface area contributed by atoms with Crippen molar-refractivity contribution < 1.29 is 0 Å². The van der Waals surface area contributed by atoms with E-state index in [1.807, 2.05) is 0 Å². The van der Waals surface area contributed by atoms with Gasteiger partial charge < -0.3 is 0 Å². The van der Waals surface area contributed by atoms with Crippen molar-refractivity contribution in [2.45, 2.75) is 0 Å². The Morgan fingerprint density at radius 3 is 1.52 bits per heavy atom. The van der Waals surface area contributed by atoms with Crippen LogP contribution in [-0.2, 0) is 11.8 Å². The molecular weight excluding hydrogens is 934 g/mol. The monoisotopic (exact) mass is 974 g/mol. The molecular formula is C61H40N2P2SSe. The van der Waals surface area contributed by atoms with Crippen molar-refractivity contribution in [3.8, 4) is 11.1 Å².